The van der Waals surface area contributed by atoms with Crippen molar-refractivity contribution in [2.45, 2.75) is 13.0 Å². The summed E-state index contributed by atoms with van der Waals surface area (Å²) in [5.41, 5.74) is 0.975. The molecule has 8 heteroatoms. The van der Waals surface area contributed by atoms with Crippen LogP contribution in [0.5, 0.6) is 5.75 Å². The van der Waals surface area contributed by atoms with Crippen LogP contribution in [0.3, 0.4) is 0 Å². The van der Waals surface area contributed by atoms with Gasteiger partial charge in [0.15, 0.2) is 5.78 Å². The van der Waals surface area contributed by atoms with Crippen LogP contribution in [-0.2, 0) is 14.4 Å². The van der Waals surface area contributed by atoms with Gasteiger partial charge in [-0.05, 0) is 36.4 Å². The van der Waals surface area contributed by atoms with Gasteiger partial charge in [0.1, 0.15) is 23.4 Å². The molecule has 0 bridgehead atoms. The monoisotopic (exact) mass is 397 g/mol. The summed E-state index contributed by atoms with van der Waals surface area (Å²) in [5.74, 6) is -1.89. The first-order valence-corrected chi connectivity index (χ1v) is 8.97. The van der Waals surface area contributed by atoms with Crippen LogP contribution in [0.2, 0.25) is 5.02 Å². The second-order valence-corrected chi connectivity index (χ2v) is 6.91. The summed E-state index contributed by atoms with van der Waals surface area (Å²) in [6.45, 7) is 1.34. The average Bonchev–Trinajstić information content (AvgIpc) is 3.20. The molecule has 0 N–H and O–H groups in total. The van der Waals surface area contributed by atoms with E-state index in [1.165, 1.54) is 19.0 Å². The maximum atomic E-state index is 13.3. The van der Waals surface area contributed by atoms with Gasteiger partial charge in [0.25, 0.3) is 5.91 Å². The van der Waals surface area contributed by atoms with Gasteiger partial charge in [0.2, 0.25) is 5.91 Å². The van der Waals surface area contributed by atoms with Gasteiger partial charge in [-0.25, -0.2) is 4.90 Å². The zero-order valence-electron chi connectivity index (χ0n) is 15.1. The van der Waals surface area contributed by atoms with Gasteiger partial charge in [0, 0.05) is 11.9 Å². The molecule has 0 aliphatic carbocycles. The normalized spacial score (nSPS) is 21.0. The zero-order chi connectivity index (χ0) is 20.0. The van der Waals surface area contributed by atoms with Crippen molar-refractivity contribution in [3.05, 3.63) is 53.6 Å². The number of carbonyl (C=O) groups is 3. The lowest BCUT2D eigenvalue weighted by Gasteiger charge is -2.22. The van der Waals surface area contributed by atoms with Crippen LogP contribution in [0, 0.1) is 5.92 Å². The molecule has 2 amide bonds. The van der Waals surface area contributed by atoms with Crippen molar-refractivity contribution >= 4 is 46.3 Å². The number of nitrogens with zero attached hydrogens (tertiary/aromatic N) is 3. The van der Waals surface area contributed by atoms with Crippen LogP contribution in [0.15, 0.2) is 53.6 Å². The average molecular weight is 398 g/mol. The van der Waals surface area contributed by atoms with E-state index in [4.69, 9.17) is 16.3 Å². The van der Waals surface area contributed by atoms with Crippen molar-refractivity contribution in [1.29, 1.82) is 0 Å². The highest BCUT2D eigenvalue weighted by Crippen LogP contribution is 2.40. The molecule has 1 saturated heterocycles. The van der Waals surface area contributed by atoms with Crippen LogP contribution in [0.1, 0.15) is 6.92 Å². The van der Waals surface area contributed by atoms with E-state index in [1.807, 2.05) is 0 Å². The fraction of sp³-hybridized carbons (Fsp3) is 0.200. The zero-order valence-corrected chi connectivity index (χ0v) is 15.9. The molecule has 142 valence electrons. The number of hydrogen-bond acceptors (Lipinski definition) is 6. The lowest BCUT2D eigenvalue weighted by Crippen LogP contribution is -2.39. The number of amides is 2. The van der Waals surface area contributed by atoms with E-state index >= 15 is 0 Å². The Balaban J connectivity index is 1.82. The number of rotatable bonds is 4. The van der Waals surface area contributed by atoms with Crippen molar-refractivity contribution in [2.75, 3.05) is 17.0 Å². The Bertz CT molecular complexity index is 1020. The summed E-state index contributed by atoms with van der Waals surface area (Å²) < 4.78 is 5.30. The van der Waals surface area contributed by atoms with Crippen molar-refractivity contribution in [3.63, 3.8) is 0 Å². The molecular formula is C20H16ClN3O4. The van der Waals surface area contributed by atoms with Crippen LogP contribution in [-0.4, -0.2) is 36.5 Å². The number of hydrazone groups is 1. The molecule has 28 heavy (non-hydrogen) atoms. The van der Waals surface area contributed by atoms with Gasteiger partial charge in [-0.2, -0.15) is 5.10 Å². The lowest BCUT2D eigenvalue weighted by atomic mass is 9.95. The first-order chi connectivity index (χ1) is 13.4. The molecule has 2 heterocycles. The van der Waals surface area contributed by atoms with E-state index in [0.717, 1.165) is 4.90 Å². The predicted octanol–water partition coefficient (Wildman–Crippen LogP) is 2.67. The Morgan fingerprint density at radius 1 is 1.07 bits per heavy atom. The molecule has 0 unspecified atom stereocenters. The van der Waals surface area contributed by atoms with Gasteiger partial charge < -0.3 is 4.74 Å². The smallest absolute Gasteiger partial charge is 0.260 e. The maximum absolute atomic E-state index is 13.3. The Morgan fingerprint density at radius 2 is 1.75 bits per heavy atom. The SMILES string of the molecule is COc1ccccc1N1C(=O)[C@@H]2C(C(C)=O)=NN(c3ccc(Cl)cc3)[C@H]2C1=O. The van der Waals surface area contributed by atoms with Gasteiger partial charge in [-0.15, -0.1) is 0 Å². The number of benzene rings is 2. The van der Waals surface area contributed by atoms with Crippen LogP contribution in [0.4, 0.5) is 11.4 Å². The van der Waals surface area contributed by atoms with Crippen molar-refractivity contribution < 1.29 is 19.1 Å². The number of imide groups is 1. The third kappa shape index (κ3) is 2.66. The Labute approximate surface area is 166 Å². The molecule has 2 aliphatic heterocycles. The second-order valence-electron chi connectivity index (χ2n) is 6.47. The first-order valence-electron chi connectivity index (χ1n) is 8.59. The number of methoxy groups -OCH3 is 1. The van der Waals surface area contributed by atoms with E-state index in [1.54, 1.807) is 48.5 Å². The summed E-state index contributed by atoms with van der Waals surface area (Å²) in [6.07, 6.45) is 0. The predicted molar refractivity (Wildman–Crippen MR) is 105 cm³/mol. The highest BCUT2D eigenvalue weighted by Gasteiger charge is 2.58. The summed E-state index contributed by atoms with van der Waals surface area (Å²) in [4.78, 5) is 39.7. The van der Waals surface area contributed by atoms with Crippen molar-refractivity contribution in [3.8, 4) is 5.75 Å². The number of fused-ring (bicyclic) bond motifs is 1. The molecule has 7 nitrogen and oxygen atoms in total. The van der Waals surface area contributed by atoms with Crippen LogP contribution >= 0.6 is 11.6 Å². The molecule has 1 fully saturated rings. The van der Waals surface area contributed by atoms with Gasteiger partial charge in [-0.3, -0.25) is 19.4 Å². The second kappa shape index (κ2) is 6.76. The largest absolute Gasteiger partial charge is 0.495 e. The summed E-state index contributed by atoms with van der Waals surface area (Å²) in [5, 5.41) is 6.25. The highest BCUT2D eigenvalue weighted by atomic mass is 35.5. The van der Waals surface area contributed by atoms with E-state index < -0.39 is 23.8 Å². The van der Waals surface area contributed by atoms with Gasteiger partial charge >= 0.3 is 0 Å². The molecule has 2 aromatic rings. The molecule has 0 spiro atoms. The molecule has 2 atom stereocenters. The van der Waals surface area contributed by atoms with Gasteiger partial charge in [-0.1, -0.05) is 23.7 Å². The minimum Gasteiger partial charge on any atom is -0.495 e. The number of halogens is 1. The minimum atomic E-state index is -0.967. The highest BCUT2D eigenvalue weighted by molar-refractivity contribution is 6.49. The van der Waals surface area contributed by atoms with Crippen LogP contribution < -0.4 is 14.6 Å². The number of Topliss-reactive ketones (excluding diaryl/α,β-unsaturated/α-hetero) is 1. The van der Waals surface area contributed by atoms with E-state index in [2.05, 4.69) is 5.10 Å². The number of ether oxygens (including phenoxy) is 1. The summed E-state index contributed by atoms with van der Waals surface area (Å²) >= 11 is 5.95. The van der Waals surface area contributed by atoms with E-state index in [9.17, 15) is 14.4 Å². The maximum Gasteiger partial charge on any atom is 0.260 e. The lowest BCUT2D eigenvalue weighted by molar-refractivity contribution is -0.122. The standard InChI is InChI=1S/C20H16ClN3O4/c1-11(25)17-16-18(24(22-17)13-9-7-12(21)8-10-13)20(27)23(19(16)26)14-5-3-4-6-15(14)28-2/h3-10,16,18H,1-2H3/t16-,18-/m1/s1. The van der Waals surface area contributed by atoms with Crippen molar-refractivity contribution in [1.82, 2.24) is 0 Å². The van der Waals surface area contributed by atoms with E-state index in [0.29, 0.717) is 22.1 Å². The molecular weight excluding hydrogens is 382 g/mol. The van der Waals surface area contributed by atoms with Crippen molar-refractivity contribution in [2.24, 2.45) is 11.0 Å². The minimum absolute atomic E-state index is 0.0655. The fourth-order valence-electron chi connectivity index (χ4n) is 3.56. The number of anilines is 2. The Hall–Kier alpha value is -3.19. The quantitative estimate of drug-likeness (QED) is 0.741. The topological polar surface area (TPSA) is 79.3 Å². The third-order valence-corrected chi connectivity index (χ3v) is 5.08. The number of hydrogen-bond donors (Lipinski definition) is 0. The molecule has 0 saturated carbocycles. The summed E-state index contributed by atoms with van der Waals surface area (Å²) in [6, 6.07) is 12.5. The van der Waals surface area contributed by atoms with E-state index in [-0.39, 0.29) is 11.5 Å². The molecule has 0 radical (unpaired) electrons. The molecule has 0 aromatic heterocycles. The molecule has 4 rings (SSSR count). The number of ketones is 1. The number of para-hydroxylation sites is 2. The number of carbonyl (C=O) groups excluding carboxylic acids is 3. The summed E-state index contributed by atoms with van der Waals surface area (Å²) in [7, 11) is 1.47. The third-order valence-electron chi connectivity index (χ3n) is 4.83. The first kappa shape index (κ1) is 18.2. The Kier molecular flexibility index (Phi) is 4.39. The fourth-order valence-corrected chi connectivity index (χ4v) is 3.69. The van der Waals surface area contributed by atoms with Crippen LogP contribution in [0.25, 0.3) is 0 Å². The molecule has 2 aromatic carbocycles. The Morgan fingerprint density at radius 3 is 2.39 bits per heavy atom. The molecule has 2 aliphatic rings. The van der Waals surface area contributed by atoms with Gasteiger partial charge in [0.05, 0.1) is 18.5 Å².